The molecule has 4 heteroatoms. The van der Waals surface area contributed by atoms with Gasteiger partial charge < -0.3 is 4.42 Å². The van der Waals surface area contributed by atoms with E-state index < -0.39 is 0 Å². The molecule has 218 valence electrons. The van der Waals surface area contributed by atoms with Gasteiger partial charge in [0.1, 0.15) is 11.2 Å². The molecule has 47 heavy (non-hydrogen) atoms. The Hall–Kier alpha value is -6.39. The molecule has 0 saturated heterocycles. The normalized spacial score (nSPS) is 11.8. The summed E-state index contributed by atoms with van der Waals surface area (Å²) in [5, 5.41) is 4.63. The molecule has 0 radical (unpaired) electrons. The number of furan rings is 1. The second-order valence-electron chi connectivity index (χ2n) is 12.0. The molecule has 0 unspecified atom stereocenters. The molecular formula is C43H25N3O. The molecule has 0 aliphatic heterocycles. The van der Waals surface area contributed by atoms with Gasteiger partial charge >= 0.3 is 0 Å². The molecule has 0 fully saturated rings. The number of nitrogens with zero attached hydrogens (tertiary/aromatic N) is 3. The van der Waals surface area contributed by atoms with Crippen molar-refractivity contribution in [3.05, 3.63) is 152 Å². The lowest BCUT2D eigenvalue weighted by Crippen LogP contribution is -2.01. The van der Waals surface area contributed by atoms with Gasteiger partial charge in [0.05, 0.1) is 0 Å². The van der Waals surface area contributed by atoms with Gasteiger partial charge in [0.15, 0.2) is 17.5 Å². The molecule has 0 spiro atoms. The zero-order valence-electron chi connectivity index (χ0n) is 25.2. The zero-order valence-corrected chi connectivity index (χ0v) is 25.2. The molecule has 0 N–H and O–H groups in total. The third kappa shape index (κ3) is 3.98. The first kappa shape index (κ1) is 25.9. The van der Waals surface area contributed by atoms with Crippen LogP contribution < -0.4 is 0 Å². The number of para-hydroxylation sites is 1. The zero-order chi connectivity index (χ0) is 30.9. The van der Waals surface area contributed by atoms with Crippen LogP contribution in [-0.4, -0.2) is 15.0 Å². The molecule has 10 rings (SSSR count). The highest BCUT2D eigenvalue weighted by Gasteiger charge is 2.23. The smallest absolute Gasteiger partial charge is 0.164 e. The minimum absolute atomic E-state index is 0.608. The van der Waals surface area contributed by atoms with Gasteiger partial charge in [-0.2, -0.15) is 0 Å². The van der Waals surface area contributed by atoms with Gasteiger partial charge in [0.25, 0.3) is 0 Å². The molecule has 2 heterocycles. The van der Waals surface area contributed by atoms with Gasteiger partial charge in [0.2, 0.25) is 0 Å². The highest BCUT2D eigenvalue weighted by molar-refractivity contribution is 6.16. The van der Waals surface area contributed by atoms with Gasteiger partial charge in [-0.3, -0.25) is 0 Å². The van der Waals surface area contributed by atoms with Crippen molar-refractivity contribution in [1.82, 2.24) is 15.0 Å². The summed E-state index contributed by atoms with van der Waals surface area (Å²) in [4.78, 5) is 15.4. The number of hydrogen-bond donors (Lipinski definition) is 0. The van der Waals surface area contributed by atoms with Crippen LogP contribution in [0.25, 0.3) is 100 Å². The third-order valence-electron chi connectivity index (χ3n) is 9.29. The standard InChI is InChI=1S/C43H25N3O/c1-2-11-27(12-3-1)41-44-42(46-43(45-41)35-20-10-22-38-40(35)34-17-6-7-21-37(34)47-38)33-16-5-4-15-29(33)28-23-24-30-31-18-8-13-26-14-9-19-32(39(26)31)36(30)25-28/h1-25H. The average Bonchev–Trinajstić information content (AvgIpc) is 3.68. The van der Waals surface area contributed by atoms with Crippen molar-refractivity contribution in [1.29, 1.82) is 0 Å². The SMILES string of the molecule is c1ccc(-c2nc(-c3ccccc3-c3ccc4c(c3)-c3cccc5cccc-4c35)nc(-c3cccc4oc5ccccc5c34)n2)cc1. The second-order valence-corrected chi connectivity index (χ2v) is 12.0. The molecule has 0 saturated carbocycles. The Bertz CT molecular complexity index is 2690. The largest absolute Gasteiger partial charge is 0.456 e. The van der Waals surface area contributed by atoms with Crippen molar-refractivity contribution in [2.24, 2.45) is 0 Å². The monoisotopic (exact) mass is 599 g/mol. The van der Waals surface area contributed by atoms with Crippen LogP contribution in [0.2, 0.25) is 0 Å². The molecule has 1 aliphatic carbocycles. The molecule has 0 amide bonds. The van der Waals surface area contributed by atoms with E-state index in [1.807, 2.05) is 60.7 Å². The number of aromatic nitrogens is 3. The fourth-order valence-electron chi connectivity index (χ4n) is 7.18. The molecule has 2 aromatic heterocycles. The fourth-order valence-corrected chi connectivity index (χ4v) is 7.18. The van der Waals surface area contributed by atoms with E-state index in [1.54, 1.807) is 0 Å². The van der Waals surface area contributed by atoms with Crippen molar-refractivity contribution in [2.75, 3.05) is 0 Å². The Kier molecular flexibility index (Phi) is 5.54. The Morgan fingerprint density at radius 1 is 0.340 bits per heavy atom. The summed E-state index contributed by atoms with van der Waals surface area (Å²) in [5.41, 5.74) is 11.7. The number of hydrogen-bond acceptors (Lipinski definition) is 4. The Balaban J connectivity index is 1.19. The van der Waals surface area contributed by atoms with Gasteiger partial charge in [-0.05, 0) is 62.4 Å². The summed E-state index contributed by atoms with van der Waals surface area (Å²) in [6, 6.07) is 52.7. The molecule has 1 aliphatic rings. The van der Waals surface area contributed by atoms with E-state index in [0.29, 0.717) is 17.5 Å². The van der Waals surface area contributed by atoms with Crippen LogP contribution in [-0.2, 0) is 0 Å². The van der Waals surface area contributed by atoms with Crippen LogP contribution in [0.1, 0.15) is 0 Å². The highest BCUT2D eigenvalue weighted by atomic mass is 16.3. The van der Waals surface area contributed by atoms with Crippen molar-refractivity contribution in [2.45, 2.75) is 0 Å². The molecule has 0 atom stereocenters. The lowest BCUT2D eigenvalue weighted by atomic mass is 9.94. The summed E-state index contributed by atoms with van der Waals surface area (Å²) in [6.45, 7) is 0. The topological polar surface area (TPSA) is 51.8 Å². The molecule has 9 aromatic rings. The Morgan fingerprint density at radius 3 is 1.81 bits per heavy atom. The Labute approximate surface area is 270 Å². The lowest BCUT2D eigenvalue weighted by molar-refractivity contribution is 0.669. The van der Waals surface area contributed by atoms with E-state index >= 15 is 0 Å². The van der Waals surface area contributed by atoms with Gasteiger partial charge in [-0.25, -0.2) is 15.0 Å². The van der Waals surface area contributed by atoms with Crippen molar-refractivity contribution in [3.8, 4) is 67.5 Å². The van der Waals surface area contributed by atoms with Crippen molar-refractivity contribution in [3.63, 3.8) is 0 Å². The number of rotatable bonds is 4. The first-order chi connectivity index (χ1) is 23.3. The first-order valence-corrected chi connectivity index (χ1v) is 15.8. The van der Waals surface area contributed by atoms with Gasteiger partial charge in [-0.1, -0.05) is 133 Å². The van der Waals surface area contributed by atoms with E-state index in [2.05, 4.69) is 91.0 Å². The van der Waals surface area contributed by atoms with Crippen LogP contribution in [0, 0.1) is 0 Å². The Morgan fingerprint density at radius 2 is 0.957 bits per heavy atom. The quantitative estimate of drug-likeness (QED) is 0.202. The van der Waals surface area contributed by atoms with Crippen LogP contribution in [0.4, 0.5) is 0 Å². The maximum absolute atomic E-state index is 6.23. The maximum atomic E-state index is 6.23. The second kappa shape index (κ2) is 10.1. The first-order valence-electron chi connectivity index (χ1n) is 15.8. The molecule has 4 nitrogen and oxygen atoms in total. The average molecular weight is 600 g/mol. The molecule has 7 aromatic carbocycles. The van der Waals surface area contributed by atoms with E-state index in [1.165, 1.54) is 33.0 Å². The summed E-state index contributed by atoms with van der Waals surface area (Å²) >= 11 is 0. The van der Waals surface area contributed by atoms with Gasteiger partial charge in [-0.15, -0.1) is 0 Å². The van der Waals surface area contributed by atoms with Crippen LogP contribution in [0.5, 0.6) is 0 Å². The van der Waals surface area contributed by atoms with Crippen LogP contribution in [0.15, 0.2) is 156 Å². The summed E-state index contributed by atoms with van der Waals surface area (Å²) < 4.78 is 6.23. The molecular weight excluding hydrogens is 574 g/mol. The summed E-state index contributed by atoms with van der Waals surface area (Å²) in [6.07, 6.45) is 0. The van der Waals surface area contributed by atoms with E-state index in [-0.39, 0.29) is 0 Å². The maximum Gasteiger partial charge on any atom is 0.164 e. The highest BCUT2D eigenvalue weighted by Crippen LogP contribution is 2.48. The van der Waals surface area contributed by atoms with Crippen molar-refractivity contribution >= 4 is 32.7 Å². The third-order valence-corrected chi connectivity index (χ3v) is 9.29. The summed E-state index contributed by atoms with van der Waals surface area (Å²) in [7, 11) is 0. The fraction of sp³-hybridized carbons (Fsp3) is 0. The van der Waals surface area contributed by atoms with Crippen LogP contribution >= 0.6 is 0 Å². The number of fused-ring (bicyclic) bond motifs is 6. The lowest BCUT2D eigenvalue weighted by Gasteiger charge is -2.13. The predicted molar refractivity (Wildman–Crippen MR) is 191 cm³/mol. The predicted octanol–water partition coefficient (Wildman–Crippen LogP) is 11.2. The van der Waals surface area contributed by atoms with E-state index in [4.69, 9.17) is 19.4 Å². The number of benzene rings is 7. The van der Waals surface area contributed by atoms with Crippen molar-refractivity contribution < 1.29 is 4.42 Å². The minimum atomic E-state index is 0.608. The molecule has 0 bridgehead atoms. The van der Waals surface area contributed by atoms with Gasteiger partial charge in [0, 0.05) is 27.5 Å². The van der Waals surface area contributed by atoms with E-state index in [0.717, 1.165) is 49.8 Å². The van der Waals surface area contributed by atoms with Crippen LogP contribution in [0.3, 0.4) is 0 Å². The summed E-state index contributed by atoms with van der Waals surface area (Å²) in [5.74, 6) is 1.86. The minimum Gasteiger partial charge on any atom is -0.456 e. The van der Waals surface area contributed by atoms with E-state index in [9.17, 15) is 0 Å².